The lowest BCUT2D eigenvalue weighted by atomic mass is 9.87. The molecule has 11 heteroatoms. The fourth-order valence-corrected chi connectivity index (χ4v) is 5.89. The first-order chi connectivity index (χ1) is 15.8. The van der Waals surface area contributed by atoms with Gasteiger partial charge in [-0.15, -0.1) is 0 Å². The first-order valence-electron chi connectivity index (χ1n) is 11.0. The molecule has 174 valence electrons. The Labute approximate surface area is 199 Å². The highest BCUT2D eigenvalue weighted by molar-refractivity contribution is 8.26. The summed E-state index contributed by atoms with van der Waals surface area (Å²) >= 11 is 2.23. The molecule has 0 bridgehead atoms. The van der Waals surface area contributed by atoms with E-state index in [9.17, 15) is 9.65 Å². The van der Waals surface area contributed by atoms with Crippen molar-refractivity contribution in [2.24, 2.45) is 5.41 Å². The van der Waals surface area contributed by atoms with Crippen molar-refractivity contribution in [2.75, 3.05) is 19.8 Å². The number of nitriles is 1. The van der Waals surface area contributed by atoms with Crippen LogP contribution in [0.4, 0.5) is 8.78 Å². The van der Waals surface area contributed by atoms with Crippen LogP contribution in [-0.4, -0.2) is 44.8 Å². The van der Waals surface area contributed by atoms with E-state index in [-0.39, 0.29) is 10.1 Å². The molecular weight excluding hydrogens is 464 g/mol. The van der Waals surface area contributed by atoms with Crippen molar-refractivity contribution in [1.29, 1.82) is 16.1 Å². The number of aromatic nitrogens is 2. The minimum Gasteiger partial charge on any atom is -0.316 e. The van der Waals surface area contributed by atoms with Gasteiger partial charge in [-0.3, -0.25) is 19.9 Å². The lowest BCUT2D eigenvalue weighted by molar-refractivity contribution is 0.116. The van der Waals surface area contributed by atoms with E-state index in [4.69, 9.17) is 10.8 Å². The van der Waals surface area contributed by atoms with Crippen LogP contribution in [0.15, 0.2) is 23.4 Å². The highest BCUT2D eigenvalue weighted by Gasteiger charge is 2.48. The molecule has 2 saturated carbocycles. The molecule has 0 aromatic carbocycles. The highest BCUT2D eigenvalue weighted by atomic mass is 32.2. The standard InChI is InChI=1S/C22H25F2N7S2/c23-12-21(3-4-21)30-33-14-9-15(22(24)5-7-28-8-6-22)18-29-10-16(31(18)11-14)17(26)32-19(27)20(13-25)1-2-20/h9-11,26-28,30H,1-8,12H2. The Morgan fingerprint density at radius 3 is 2.58 bits per heavy atom. The van der Waals surface area contributed by atoms with Gasteiger partial charge in [-0.05, 0) is 69.6 Å². The molecule has 2 aliphatic carbocycles. The van der Waals surface area contributed by atoms with Gasteiger partial charge in [0.1, 0.15) is 28.4 Å². The van der Waals surface area contributed by atoms with Crippen LogP contribution < -0.4 is 10.0 Å². The second kappa shape index (κ2) is 8.34. The Hall–Kier alpha value is -2.00. The molecule has 3 aliphatic rings. The van der Waals surface area contributed by atoms with Crippen molar-refractivity contribution in [3.05, 3.63) is 29.7 Å². The fraction of sp³-hybridized carbons (Fsp3) is 0.545. The van der Waals surface area contributed by atoms with Crippen LogP contribution in [0.25, 0.3) is 5.65 Å². The molecule has 33 heavy (non-hydrogen) atoms. The number of rotatable bonds is 7. The zero-order valence-corrected chi connectivity index (χ0v) is 19.6. The van der Waals surface area contributed by atoms with E-state index in [0.717, 1.165) is 29.5 Å². The highest BCUT2D eigenvalue weighted by Crippen LogP contribution is 2.49. The summed E-state index contributed by atoms with van der Waals surface area (Å²) in [6, 6.07) is 3.98. The Bertz CT molecular complexity index is 1160. The van der Waals surface area contributed by atoms with Crippen molar-refractivity contribution in [2.45, 2.75) is 54.6 Å². The molecule has 2 aromatic heterocycles. The quantitative estimate of drug-likeness (QED) is 0.262. The summed E-state index contributed by atoms with van der Waals surface area (Å²) in [4.78, 5) is 5.19. The Morgan fingerprint density at radius 1 is 1.24 bits per heavy atom. The maximum atomic E-state index is 16.1. The van der Waals surface area contributed by atoms with Crippen LogP contribution in [0.2, 0.25) is 0 Å². The van der Waals surface area contributed by atoms with Gasteiger partial charge in [0, 0.05) is 16.7 Å². The van der Waals surface area contributed by atoms with Gasteiger partial charge < -0.3 is 5.32 Å². The number of nitrogens with one attached hydrogen (secondary N) is 4. The van der Waals surface area contributed by atoms with Crippen molar-refractivity contribution < 1.29 is 8.78 Å². The van der Waals surface area contributed by atoms with E-state index >= 15 is 4.39 Å². The van der Waals surface area contributed by atoms with Gasteiger partial charge >= 0.3 is 0 Å². The molecule has 5 rings (SSSR count). The number of alkyl halides is 2. The van der Waals surface area contributed by atoms with Gasteiger partial charge in [-0.2, -0.15) is 5.26 Å². The average Bonchev–Trinajstić information content (AvgIpc) is 3.74. The molecular formula is C22H25F2N7S2. The van der Waals surface area contributed by atoms with Crippen molar-refractivity contribution >= 4 is 39.4 Å². The van der Waals surface area contributed by atoms with E-state index in [1.807, 2.05) is 0 Å². The smallest absolute Gasteiger partial charge is 0.143 e. The number of fused-ring (bicyclic) bond motifs is 1. The second-order valence-corrected chi connectivity index (χ2v) is 11.1. The number of imidazole rings is 1. The molecule has 0 unspecified atom stereocenters. The molecule has 4 N–H and O–H groups in total. The monoisotopic (exact) mass is 489 g/mol. The summed E-state index contributed by atoms with van der Waals surface area (Å²) in [7, 11) is 0. The van der Waals surface area contributed by atoms with Gasteiger partial charge in [0.15, 0.2) is 0 Å². The predicted octanol–water partition coefficient (Wildman–Crippen LogP) is 4.32. The summed E-state index contributed by atoms with van der Waals surface area (Å²) in [5.41, 5.74) is -1.46. The maximum Gasteiger partial charge on any atom is 0.143 e. The average molecular weight is 490 g/mol. The zero-order valence-electron chi connectivity index (χ0n) is 18.0. The largest absolute Gasteiger partial charge is 0.316 e. The van der Waals surface area contributed by atoms with Crippen molar-refractivity contribution in [1.82, 2.24) is 19.4 Å². The Kier molecular flexibility index (Phi) is 5.76. The summed E-state index contributed by atoms with van der Waals surface area (Å²) in [6.45, 7) is 0.681. The third-order valence-electron chi connectivity index (χ3n) is 6.79. The normalized spacial score (nSPS) is 22.0. The van der Waals surface area contributed by atoms with Crippen LogP contribution in [0.1, 0.15) is 49.8 Å². The first-order valence-corrected chi connectivity index (χ1v) is 12.7. The topological polar surface area (TPSA) is 113 Å². The van der Waals surface area contributed by atoms with Crippen LogP contribution >= 0.6 is 23.7 Å². The summed E-state index contributed by atoms with van der Waals surface area (Å²) < 4.78 is 34.3. The number of halogens is 2. The maximum absolute atomic E-state index is 16.1. The molecule has 7 nitrogen and oxygen atoms in total. The number of hydrogen-bond donors (Lipinski definition) is 4. The van der Waals surface area contributed by atoms with Crippen LogP contribution in [-0.2, 0) is 5.67 Å². The minimum atomic E-state index is -1.55. The number of thioether (sulfide) groups is 1. The Morgan fingerprint density at radius 2 is 1.97 bits per heavy atom. The molecule has 0 radical (unpaired) electrons. The molecule has 1 saturated heterocycles. The number of hydrogen-bond acceptors (Lipinski definition) is 8. The van der Waals surface area contributed by atoms with E-state index in [1.165, 1.54) is 18.1 Å². The molecule has 0 amide bonds. The summed E-state index contributed by atoms with van der Waals surface area (Å²) in [6.07, 6.45) is 6.78. The molecule has 2 aromatic rings. The molecule has 0 atom stereocenters. The van der Waals surface area contributed by atoms with Gasteiger partial charge in [-0.1, -0.05) is 11.8 Å². The van der Waals surface area contributed by atoms with Crippen molar-refractivity contribution in [3.63, 3.8) is 0 Å². The predicted molar refractivity (Wildman–Crippen MR) is 126 cm³/mol. The van der Waals surface area contributed by atoms with Gasteiger partial charge in [0.25, 0.3) is 0 Å². The molecule has 1 aliphatic heterocycles. The lowest BCUT2D eigenvalue weighted by Crippen LogP contribution is -2.37. The molecule has 3 fully saturated rings. The van der Waals surface area contributed by atoms with Gasteiger partial charge in [0.2, 0.25) is 0 Å². The van der Waals surface area contributed by atoms with Gasteiger partial charge in [-0.25, -0.2) is 13.8 Å². The third-order valence-corrected chi connectivity index (χ3v) is 8.79. The van der Waals surface area contributed by atoms with Gasteiger partial charge in [0.05, 0.1) is 28.5 Å². The van der Waals surface area contributed by atoms with E-state index in [1.54, 1.807) is 16.7 Å². The molecule has 0 spiro atoms. The lowest BCUT2D eigenvalue weighted by Gasteiger charge is -2.31. The Balaban J connectivity index is 1.50. The minimum absolute atomic E-state index is 0.0933. The van der Waals surface area contributed by atoms with E-state index in [0.29, 0.717) is 55.7 Å². The summed E-state index contributed by atoms with van der Waals surface area (Å²) in [5.74, 6) is 0. The summed E-state index contributed by atoms with van der Waals surface area (Å²) in [5, 5.41) is 29.7. The van der Waals surface area contributed by atoms with Crippen LogP contribution in [0.5, 0.6) is 0 Å². The SMILES string of the molecule is N#CC1(C(=N)SC(=N)c2cnc3c(C4(F)CCNCC4)cc(SNC4(CF)CC4)cn23)CC1. The van der Waals surface area contributed by atoms with Crippen LogP contribution in [0.3, 0.4) is 0 Å². The third kappa shape index (κ3) is 4.18. The van der Waals surface area contributed by atoms with Crippen molar-refractivity contribution in [3.8, 4) is 6.07 Å². The fourth-order valence-electron chi connectivity index (χ4n) is 4.06. The van der Waals surface area contributed by atoms with Crippen LogP contribution in [0, 0.1) is 27.6 Å². The number of nitrogens with zero attached hydrogens (tertiary/aromatic N) is 3. The first kappa shape index (κ1) is 22.8. The number of pyridine rings is 1. The number of piperidine rings is 1. The van der Waals surface area contributed by atoms with E-state index < -0.39 is 23.3 Å². The van der Waals surface area contributed by atoms with E-state index in [2.05, 4.69) is 21.1 Å². The zero-order chi connectivity index (χ0) is 23.3. The molecule has 3 heterocycles. The second-order valence-electron chi connectivity index (χ2n) is 9.21.